The molecule has 14 heavy (non-hydrogen) atoms. The van der Waals surface area contributed by atoms with Crippen LogP contribution in [0, 0.1) is 17.3 Å². The van der Waals surface area contributed by atoms with E-state index in [0.717, 1.165) is 19.6 Å². The standard InChI is InChI=1S/C12H27NO/c1-10(7-8-14-6)11(9-13-5)12(2,3)4/h10-11,13H,7-9H2,1-6H3. The summed E-state index contributed by atoms with van der Waals surface area (Å²) in [5, 5.41) is 3.29. The number of rotatable bonds is 6. The van der Waals surface area contributed by atoms with Gasteiger partial charge in [0.2, 0.25) is 0 Å². The molecule has 0 fully saturated rings. The highest BCUT2D eigenvalue weighted by molar-refractivity contribution is 4.79. The van der Waals surface area contributed by atoms with Gasteiger partial charge < -0.3 is 10.1 Å². The fourth-order valence-corrected chi connectivity index (χ4v) is 2.09. The Bertz CT molecular complexity index is 140. The Balaban J connectivity index is 4.18. The molecule has 0 rings (SSSR count). The van der Waals surface area contributed by atoms with Crippen LogP contribution in [0.3, 0.4) is 0 Å². The zero-order chi connectivity index (χ0) is 11.2. The van der Waals surface area contributed by atoms with Crippen LogP contribution in [0.4, 0.5) is 0 Å². The minimum atomic E-state index is 0.371. The van der Waals surface area contributed by atoms with Gasteiger partial charge in [-0.2, -0.15) is 0 Å². The summed E-state index contributed by atoms with van der Waals surface area (Å²) in [4.78, 5) is 0. The van der Waals surface area contributed by atoms with E-state index in [-0.39, 0.29) is 0 Å². The lowest BCUT2D eigenvalue weighted by Gasteiger charge is -2.35. The normalized spacial score (nSPS) is 16.7. The van der Waals surface area contributed by atoms with E-state index in [2.05, 4.69) is 33.0 Å². The highest BCUT2D eigenvalue weighted by Crippen LogP contribution is 2.33. The van der Waals surface area contributed by atoms with Gasteiger partial charge in [0.1, 0.15) is 0 Å². The third kappa shape index (κ3) is 4.97. The summed E-state index contributed by atoms with van der Waals surface area (Å²) in [5.74, 6) is 1.42. The van der Waals surface area contributed by atoms with Crippen molar-refractivity contribution >= 4 is 0 Å². The summed E-state index contributed by atoms with van der Waals surface area (Å²) >= 11 is 0. The van der Waals surface area contributed by atoms with E-state index in [9.17, 15) is 0 Å². The molecule has 0 saturated carbocycles. The van der Waals surface area contributed by atoms with Crippen LogP contribution in [0.1, 0.15) is 34.1 Å². The molecule has 86 valence electrons. The minimum absolute atomic E-state index is 0.371. The van der Waals surface area contributed by atoms with Crippen molar-refractivity contribution in [2.75, 3.05) is 27.3 Å². The lowest BCUT2D eigenvalue weighted by molar-refractivity contribution is 0.119. The first-order valence-corrected chi connectivity index (χ1v) is 5.57. The van der Waals surface area contributed by atoms with E-state index in [0.29, 0.717) is 17.3 Å². The first kappa shape index (κ1) is 13.9. The van der Waals surface area contributed by atoms with Gasteiger partial charge >= 0.3 is 0 Å². The summed E-state index contributed by atoms with van der Waals surface area (Å²) in [6, 6.07) is 0. The van der Waals surface area contributed by atoms with Crippen molar-refractivity contribution in [3.8, 4) is 0 Å². The van der Waals surface area contributed by atoms with Gasteiger partial charge in [0.15, 0.2) is 0 Å². The van der Waals surface area contributed by atoms with Crippen LogP contribution in [0.25, 0.3) is 0 Å². The quantitative estimate of drug-likeness (QED) is 0.713. The van der Waals surface area contributed by atoms with Crippen LogP contribution < -0.4 is 5.32 Å². The van der Waals surface area contributed by atoms with Gasteiger partial charge in [-0.15, -0.1) is 0 Å². The number of ether oxygens (including phenoxy) is 1. The van der Waals surface area contributed by atoms with Crippen molar-refractivity contribution in [3.63, 3.8) is 0 Å². The van der Waals surface area contributed by atoms with Crippen LogP contribution in [0.2, 0.25) is 0 Å². The predicted molar refractivity (Wildman–Crippen MR) is 62.5 cm³/mol. The Morgan fingerprint density at radius 1 is 1.29 bits per heavy atom. The van der Waals surface area contributed by atoms with Gasteiger partial charge in [-0.05, 0) is 37.3 Å². The zero-order valence-corrected chi connectivity index (χ0v) is 10.7. The van der Waals surface area contributed by atoms with E-state index < -0.39 is 0 Å². The Kier molecular flexibility index (Phi) is 6.38. The highest BCUT2D eigenvalue weighted by Gasteiger charge is 2.28. The summed E-state index contributed by atoms with van der Waals surface area (Å²) in [7, 11) is 3.80. The fraction of sp³-hybridized carbons (Fsp3) is 1.00. The molecule has 0 aromatic carbocycles. The average molecular weight is 201 g/mol. The molecule has 2 nitrogen and oxygen atoms in total. The lowest BCUT2D eigenvalue weighted by atomic mass is 9.72. The van der Waals surface area contributed by atoms with Gasteiger partial charge in [-0.1, -0.05) is 27.7 Å². The SMILES string of the molecule is CNCC(C(C)CCOC)C(C)(C)C. The largest absolute Gasteiger partial charge is 0.385 e. The maximum atomic E-state index is 5.13. The van der Waals surface area contributed by atoms with Crippen LogP contribution in [-0.4, -0.2) is 27.3 Å². The number of hydrogen-bond donors (Lipinski definition) is 1. The van der Waals surface area contributed by atoms with Crippen LogP contribution in [0.5, 0.6) is 0 Å². The average Bonchev–Trinajstić information content (AvgIpc) is 2.08. The van der Waals surface area contributed by atoms with Gasteiger partial charge in [-0.25, -0.2) is 0 Å². The molecule has 0 radical (unpaired) electrons. The molecule has 0 amide bonds. The van der Waals surface area contributed by atoms with Crippen LogP contribution >= 0.6 is 0 Å². The van der Waals surface area contributed by atoms with Crippen molar-refractivity contribution < 1.29 is 4.74 Å². The molecule has 1 N–H and O–H groups in total. The van der Waals surface area contributed by atoms with Gasteiger partial charge in [0, 0.05) is 13.7 Å². The molecule has 0 spiro atoms. The molecule has 2 unspecified atom stereocenters. The Morgan fingerprint density at radius 2 is 1.86 bits per heavy atom. The summed E-state index contributed by atoms with van der Waals surface area (Å²) in [6.07, 6.45) is 1.15. The molecule has 0 aromatic heterocycles. The number of hydrogen-bond acceptors (Lipinski definition) is 2. The number of methoxy groups -OCH3 is 1. The topological polar surface area (TPSA) is 21.3 Å². The van der Waals surface area contributed by atoms with E-state index in [4.69, 9.17) is 4.74 Å². The molecule has 0 aliphatic carbocycles. The summed E-state index contributed by atoms with van der Waals surface area (Å²) < 4.78 is 5.13. The number of nitrogens with one attached hydrogen (secondary N) is 1. The summed E-state index contributed by atoms with van der Waals surface area (Å²) in [5.41, 5.74) is 0.371. The van der Waals surface area contributed by atoms with E-state index >= 15 is 0 Å². The minimum Gasteiger partial charge on any atom is -0.385 e. The zero-order valence-electron chi connectivity index (χ0n) is 10.7. The van der Waals surface area contributed by atoms with Crippen molar-refractivity contribution in [2.24, 2.45) is 17.3 Å². The maximum Gasteiger partial charge on any atom is 0.0464 e. The third-order valence-corrected chi connectivity index (χ3v) is 3.00. The summed E-state index contributed by atoms with van der Waals surface area (Å²) in [6.45, 7) is 11.2. The molecule has 2 heteroatoms. The predicted octanol–water partition coefficient (Wildman–Crippen LogP) is 2.54. The van der Waals surface area contributed by atoms with Crippen molar-refractivity contribution in [1.82, 2.24) is 5.32 Å². The van der Waals surface area contributed by atoms with E-state index in [1.807, 2.05) is 7.05 Å². The van der Waals surface area contributed by atoms with Crippen LogP contribution in [0.15, 0.2) is 0 Å². The Morgan fingerprint density at radius 3 is 2.21 bits per heavy atom. The smallest absolute Gasteiger partial charge is 0.0464 e. The fourth-order valence-electron chi connectivity index (χ4n) is 2.09. The maximum absolute atomic E-state index is 5.13. The molecule has 0 aliphatic heterocycles. The second-order valence-corrected chi connectivity index (χ2v) is 5.29. The molecular formula is C12H27NO. The van der Waals surface area contributed by atoms with Gasteiger partial charge in [0.05, 0.1) is 0 Å². The molecule has 2 atom stereocenters. The van der Waals surface area contributed by atoms with Crippen molar-refractivity contribution in [2.45, 2.75) is 34.1 Å². The molecule has 0 aromatic rings. The van der Waals surface area contributed by atoms with Crippen molar-refractivity contribution in [1.29, 1.82) is 0 Å². The highest BCUT2D eigenvalue weighted by atomic mass is 16.5. The lowest BCUT2D eigenvalue weighted by Crippen LogP contribution is -2.35. The first-order chi connectivity index (χ1) is 6.43. The molecule has 0 bridgehead atoms. The van der Waals surface area contributed by atoms with Crippen LogP contribution in [-0.2, 0) is 4.74 Å². The Labute approximate surface area is 89.4 Å². The Hall–Kier alpha value is -0.0800. The van der Waals surface area contributed by atoms with Crippen molar-refractivity contribution in [3.05, 3.63) is 0 Å². The second-order valence-electron chi connectivity index (χ2n) is 5.29. The molecular weight excluding hydrogens is 174 g/mol. The first-order valence-electron chi connectivity index (χ1n) is 5.57. The monoisotopic (exact) mass is 201 g/mol. The molecule has 0 aliphatic rings. The molecule has 0 saturated heterocycles. The third-order valence-electron chi connectivity index (χ3n) is 3.00. The second kappa shape index (κ2) is 6.41. The van der Waals surface area contributed by atoms with Gasteiger partial charge in [-0.3, -0.25) is 0 Å². The van der Waals surface area contributed by atoms with Gasteiger partial charge in [0.25, 0.3) is 0 Å². The molecule has 0 heterocycles. The van der Waals surface area contributed by atoms with E-state index in [1.54, 1.807) is 7.11 Å². The van der Waals surface area contributed by atoms with E-state index in [1.165, 1.54) is 0 Å².